The summed E-state index contributed by atoms with van der Waals surface area (Å²) in [5, 5.41) is 11.3. The van der Waals surface area contributed by atoms with Gasteiger partial charge in [-0.25, -0.2) is 4.79 Å². The highest BCUT2D eigenvalue weighted by molar-refractivity contribution is 5.69. The van der Waals surface area contributed by atoms with E-state index in [0.717, 1.165) is 5.56 Å². The van der Waals surface area contributed by atoms with Crippen LogP contribution in [0.1, 0.15) is 24.0 Å². The fraction of sp³-hybridized carbons (Fsp3) is 0.409. The molecule has 2 saturated heterocycles. The lowest BCUT2D eigenvalue weighted by Crippen LogP contribution is -2.62. The van der Waals surface area contributed by atoms with Crippen LogP contribution in [0.3, 0.4) is 0 Å². The van der Waals surface area contributed by atoms with Crippen molar-refractivity contribution in [3.63, 3.8) is 0 Å². The summed E-state index contributed by atoms with van der Waals surface area (Å²) in [7, 11) is 0. The lowest BCUT2D eigenvalue weighted by atomic mass is 9.77. The molecule has 0 radical (unpaired) electrons. The molecule has 2 unspecified atom stereocenters. The lowest BCUT2D eigenvalue weighted by molar-refractivity contribution is -0.136. The quantitative estimate of drug-likeness (QED) is 0.801. The molecule has 2 aromatic carbocycles. The monoisotopic (exact) mass is 419 g/mol. The van der Waals surface area contributed by atoms with E-state index in [1.54, 1.807) is 17.0 Å². The number of aliphatic hydroxyl groups is 1. The summed E-state index contributed by atoms with van der Waals surface area (Å²) in [6, 6.07) is 14.7. The van der Waals surface area contributed by atoms with Crippen LogP contribution in [-0.2, 0) is 21.7 Å². The number of piperidine rings is 1. The van der Waals surface area contributed by atoms with Crippen molar-refractivity contribution in [1.82, 2.24) is 4.90 Å². The van der Waals surface area contributed by atoms with Crippen LogP contribution in [0.25, 0.3) is 0 Å². The zero-order valence-electron chi connectivity index (χ0n) is 16.2. The van der Waals surface area contributed by atoms with E-state index in [-0.39, 0.29) is 37.3 Å². The second kappa shape index (κ2) is 8.57. The summed E-state index contributed by atoms with van der Waals surface area (Å²) in [4.78, 5) is 14.4. The number of carbonyl (C=O) groups is 1. The van der Waals surface area contributed by atoms with Gasteiger partial charge in [-0.1, -0.05) is 42.5 Å². The van der Waals surface area contributed by atoms with Crippen molar-refractivity contribution in [1.29, 1.82) is 0 Å². The normalized spacial score (nSPS) is 25.8. The minimum atomic E-state index is -2.90. The number of morpholine rings is 1. The first-order valence-electron chi connectivity index (χ1n) is 9.79. The van der Waals surface area contributed by atoms with Gasteiger partial charge in [-0.3, -0.25) is 4.90 Å². The second-order valence-corrected chi connectivity index (χ2v) is 7.64. The average Bonchev–Trinajstić information content (AvgIpc) is 2.72. The van der Waals surface area contributed by atoms with E-state index in [1.165, 1.54) is 12.1 Å². The molecule has 2 aliphatic rings. The Kier molecular flexibility index (Phi) is 5.87. The average molecular weight is 419 g/mol. The van der Waals surface area contributed by atoms with Gasteiger partial charge >= 0.3 is 12.7 Å². The molecule has 0 aromatic heterocycles. The SMILES string of the molecule is O=C(OCc1ccccc1)N1C2COCC1CC(O)(c1ccc(OC(F)F)cc1)C2. The number of ether oxygens (including phenoxy) is 3. The minimum Gasteiger partial charge on any atom is -0.445 e. The Morgan fingerprint density at radius 1 is 1.10 bits per heavy atom. The Balaban J connectivity index is 1.45. The maximum atomic E-state index is 12.8. The highest BCUT2D eigenvalue weighted by Crippen LogP contribution is 2.41. The van der Waals surface area contributed by atoms with E-state index in [2.05, 4.69) is 4.74 Å². The van der Waals surface area contributed by atoms with Crippen molar-refractivity contribution >= 4 is 6.09 Å². The van der Waals surface area contributed by atoms with E-state index in [0.29, 0.717) is 18.8 Å². The third-order valence-electron chi connectivity index (χ3n) is 5.59. The van der Waals surface area contributed by atoms with Crippen molar-refractivity contribution in [3.8, 4) is 5.75 Å². The zero-order valence-corrected chi connectivity index (χ0v) is 16.2. The Hall–Kier alpha value is -2.71. The maximum Gasteiger partial charge on any atom is 0.410 e. The van der Waals surface area contributed by atoms with E-state index in [4.69, 9.17) is 9.47 Å². The highest BCUT2D eigenvalue weighted by atomic mass is 19.3. The number of benzene rings is 2. The zero-order chi connectivity index (χ0) is 21.1. The number of amides is 1. The first-order valence-corrected chi connectivity index (χ1v) is 9.79. The van der Waals surface area contributed by atoms with Crippen LogP contribution in [0, 0.1) is 0 Å². The summed E-state index contributed by atoms with van der Waals surface area (Å²) in [5.74, 6) is 0.0304. The van der Waals surface area contributed by atoms with Crippen LogP contribution >= 0.6 is 0 Å². The predicted octanol–water partition coefficient (Wildman–Crippen LogP) is 3.68. The number of carbonyl (C=O) groups excluding carboxylic acids is 1. The number of rotatable bonds is 5. The van der Waals surface area contributed by atoms with Gasteiger partial charge in [0.2, 0.25) is 0 Å². The molecule has 160 valence electrons. The van der Waals surface area contributed by atoms with E-state index in [1.807, 2.05) is 30.3 Å². The van der Waals surface area contributed by atoms with Crippen molar-refractivity contribution in [2.45, 2.75) is 43.7 Å². The predicted molar refractivity (Wildman–Crippen MR) is 103 cm³/mol. The summed E-state index contributed by atoms with van der Waals surface area (Å²) < 4.78 is 40.2. The number of hydrogen-bond acceptors (Lipinski definition) is 5. The van der Waals surface area contributed by atoms with Gasteiger partial charge in [0.25, 0.3) is 0 Å². The van der Waals surface area contributed by atoms with Crippen molar-refractivity contribution in [2.75, 3.05) is 13.2 Å². The van der Waals surface area contributed by atoms with E-state index < -0.39 is 18.3 Å². The fourth-order valence-electron chi connectivity index (χ4n) is 4.25. The first-order chi connectivity index (χ1) is 14.4. The molecule has 2 bridgehead atoms. The molecule has 2 atom stereocenters. The molecular formula is C22H23F2NO5. The summed E-state index contributed by atoms with van der Waals surface area (Å²) in [6.45, 7) is -2.13. The number of fused-ring (bicyclic) bond motifs is 2. The topological polar surface area (TPSA) is 68.2 Å². The molecule has 1 amide bonds. The lowest BCUT2D eigenvalue weighted by Gasteiger charge is -2.51. The Morgan fingerprint density at radius 3 is 2.33 bits per heavy atom. The second-order valence-electron chi connectivity index (χ2n) is 7.64. The molecule has 2 aliphatic heterocycles. The summed E-state index contributed by atoms with van der Waals surface area (Å²) in [5.41, 5.74) is 0.295. The van der Waals surface area contributed by atoms with Crippen LogP contribution in [0.4, 0.5) is 13.6 Å². The van der Waals surface area contributed by atoms with Gasteiger partial charge in [0.1, 0.15) is 12.4 Å². The van der Waals surface area contributed by atoms with Gasteiger partial charge in [-0.2, -0.15) is 8.78 Å². The molecule has 0 aliphatic carbocycles. The maximum absolute atomic E-state index is 12.8. The van der Waals surface area contributed by atoms with Crippen LogP contribution in [0.2, 0.25) is 0 Å². The van der Waals surface area contributed by atoms with Crippen LogP contribution in [0.5, 0.6) is 5.75 Å². The number of halogens is 2. The Morgan fingerprint density at radius 2 is 1.73 bits per heavy atom. The molecule has 2 heterocycles. The molecule has 0 spiro atoms. The standard InChI is InChI=1S/C22H23F2NO5/c23-20(24)30-19-8-6-16(7-9-19)22(27)10-17-13-28-14-18(11-22)25(17)21(26)29-12-15-4-2-1-3-5-15/h1-9,17-18,20,27H,10-14H2. The van der Waals surface area contributed by atoms with Gasteiger partial charge in [0, 0.05) is 12.8 Å². The molecule has 0 saturated carbocycles. The van der Waals surface area contributed by atoms with Gasteiger partial charge in [-0.05, 0) is 23.3 Å². The molecule has 30 heavy (non-hydrogen) atoms. The third-order valence-corrected chi connectivity index (χ3v) is 5.59. The van der Waals surface area contributed by atoms with Gasteiger partial charge in [0.15, 0.2) is 0 Å². The summed E-state index contributed by atoms with van der Waals surface area (Å²) >= 11 is 0. The van der Waals surface area contributed by atoms with Gasteiger partial charge < -0.3 is 19.3 Å². The van der Waals surface area contributed by atoms with Gasteiger partial charge in [0.05, 0.1) is 30.9 Å². The van der Waals surface area contributed by atoms with E-state index in [9.17, 15) is 18.7 Å². The van der Waals surface area contributed by atoms with Crippen molar-refractivity contribution in [3.05, 3.63) is 65.7 Å². The molecule has 2 aromatic rings. The van der Waals surface area contributed by atoms with E-state index >= 15 is 0 Å². The minimum absolute atomic E-state index is 0.0304. The third kappa shape index (κ3) is 4.39. The fourth-order valence-corrected chi connectivity index (χ4v) is 4.25. The smallest absolute Gasteiger partial charge is 0.410 e. The van der Waals surface area contributed by atoms with Crippen LogP contribution in [0.15, 0.2) is 54.6 Å². The number of hydrogen-bond donors (Lipinski definition) is 1. The molecule has 1 N–H and O–H groups in total. The largest absolute Gasteiger partial charge is 0.445 e. The van der Waals surface area contributed by atoms with Crippen LogP contribution in [-0.4, -0.2) is 48.0 Å². The highest BCUT2D eigenvalue weighted by Gasteiger charge is 2.49. The number of alkyl halides is 2. The first kappa shape index (κ1) is 20.6. The molecule has 8 heteroatoms. The van der Waals surface area contributed by atoms with Crippen molar-refractivity contribution in [2.24, 2.45) is 0 Å². The van der Waals surface area contributed by atoms with Crippen molar-refractivity contribution < 1.29 is 32.9 Å². The molecular weight excluding hydrogens is 396 g/mol. The van der Waals surface area contributed by atoms with Gasteiger partial charge in [-0.15, -0.1) is 0 Å². The molecule has 2 fully saturated rings. The molecule has 4 rings (SSSR count). The van der Waals surface area contributed by atoms with Crippen LogP contribution < -0.4 is 4.74 Å². The Labute approximate surface area is 173 Å². The summed E-state index contributed by atoms with van der Waals surface area (Å²) in [6.07, 6.45) is 0.0951. The number of nitrogens with zero attached hydrogens (tertiary/aromatic N) is 1. The molecule has 6 nitrogen and oxygen atoms in total. The Bertz CT molecular complexity index is 848.